The van der Waals surface area contributed by atoms with Crippen molar-refractivity contribution in [2.45, 2.75) is 45.3 Å². The second kappa shape index (κ2) is 6.26. The van der Waals surface area contributed by atoms with E-state index in [0.717, 1.165) is 18.4 Å². The van der Waals surface area contributed by atoms with Crippen molar-refractivity contribution in [3.8, 4) is 5.75 Å². The van der Waals surface area contributed by atoms with Gasteiger partial charge in [0.15, 0.2) is 11.6 Å². The molecule has 0 radical (unpaired) electrons. The molecule has 0 bridgehead atoms. The minimum atomic E-state index is -1.33. The van der Waals surface area contributed by atoms with Gasteiger partial charge in [0.25, 0.3) is 0 Å². The molecule has 1 fully saturated rings. The molecule has 1 aliphatic carbocycles. The molecule has 1 saturated carbocycles. The van der Waals surface area contributed by atoms with Gasteiger partial charge in [0.05, 0.1) is 17.1 Å². The molecule has 0 unspecified atom stereocenters. The van der Waals surface area contributed by atoms with E-state index in [1.165, 1.54) is 6.07 Å². The summed E-state index contributed by atoms with van der Waals surface area (Å²) in [5, 5.41) is 0. The van der Waals surface area contributed by atoms with Crippen molar-refractivity contribution in [1.82, 2.24) is 0 Å². The summed E-state index contributed by atoms with van der Waals surface area (Å²) in [4.78, 5) is 0. The zero-order valence-corrected chi connectivity index (χ0v) is 13.8. The van der Waals surface area contributed by atoms with Crippen LogP contribution >= 0.6 is 0 Å². The first-order chi connectivity index (χ1) is 9.77. The Morgan fingerprint density at radius 3 is 2.67 bits per heavy atom. The third-order valence-electron chi connectivity index (χ3n) is 3.26. The van der Waals surface area contributed by atoms with Crippen molar-refractivity contribution in [2.24, 2.45) is 10.3 Å². The smallest absolute Gasteiger partial charge is 0.165 e. The van der Waals surface area contributed by atoms with E-state index in [0.29, 0.717) is 18.2 Å². The molecule has 0 amide bonds. The summed E-state index contributed by atoms with van der Waals surface area (Å²) in [5.74, 6) is 0.441. The molecule has 0 saturated heterocycles. The Morgan fingerprint density at radius 2 is 2.10 bits per heavy atom. The Balaban J connectivity index is 2.16. The van der Waals surface area contributed by atoms with Gasteiger partial charge >= 0.3 is 0 Å². The van der Waals surface area contributed by atoms with E-state index in [1.54, 1.807) is 19.1 Å². The number of nitrogens with zero attached hydrogens (tertiary/aromatic N) is 1. The maximum Gasteiger partial charge on any atom is 0.165 e. The summed E-state index contributed by atoms with van der Waals surface area (Å²) in [7, 11) is -1.33. The number of rotatable bonds is 5. The first-order valence-electron chi connectivity index (χ1n) is 7.17. The highest BCUT2D eigenvalue weighted by Gasteiger charge is 2.23. The van der Waals surface area contributed by atoms with E-state index >= 15 is 0 Å². The maximum atomic E-state index is 13.7. The van der Waals surface area contributed by atoms with Crippen LogP contribution in [0.2, 0.25) is 0 Å². The lowest BCUT2D eigenvalue weighted by atomic mass is 10.1. The second-order valence-electron chi connectivity index (χ2n) is 6.44. The molecular formula is C16H22FNO2S. The van der Waals surface area contributed by atoms with Crippen molar-refractivity contribution in [3.05, 3.63) is 29.6 Å². The molecule has 21 heavy (non-hydrogen) atoms. The zero-order chi connectivity index (χ0) is 15.6. The Hall–Kier alpha value is -1.23. The minimum Gasteiger partial charge on any atom is -0.490 e. The van der Waals surface area contributed by atoms with Crippen molar-refractivity contribution >= 4 is 16.7 Å². The average molecular weight is 311 g/mol. The first kappa shape index (κ1) is 16.1. The van der Waals surface area contributed by atoms with Crippen LogP contribution in [0.5, 0.6) is 5.75 Å². The summed E-state index contributed by atoms with van der Waals surface area (Å²) in [6.07, 6.45) is 2.32. The topological polar surface area (TPSA) is 38.7 Å². The highest BCUT2D eigenvalue weighted by atomic mass is 32.2. The molecule has 1 aromatic rings. The third-order valence-corrected chi connectivity index (χ3v) is 4.75. The molecular weight excluding hydrogens is 289 g/mol. The van der Waals surface area contributed by atoms with E-state index in [-0.39, 0.29) is 11.6 Å². The Labute approximate surface area is 128 Å². The van der Waals surface area contributed by atoms with E-state index in [4.69, 9.17) is 4.74 Å². The first-order valence-corrected chi connectivity index (χ1v) is 8.28. The van der Waals surface area contributed by atoms with Crippen molar-refractivity contribution in [3.63, 3.8) is 0 Å². The third kappa shape index (κ3) is 4.63. The summed E-state index contributed by atoms with van der Waals surface area (Å²) < 4.78 is 35.1. The fourth-order valence-corrected chi connectivity index (χ4v) is 2.27. The average Bonchev–Trinajstić information content (AvgIpc) is 3.20. The summed E-state index contributed by atoms with van der Waals surface area (Å²) >= 11 is 0. The lowest BCUT2D eigenvalue weighted by Crippen LogP contribution is -2.20. The largest absolute Gasteiger partial charge is 0.490 e. The van der Waals surface area contributed by atoms with Crippen LogP contribution in [0.4, 0.5) is 4.39 Å². The zero-order valence-electron chi connectivity index (χ0n) is 13.0. The predicted molar refractivity (Wildman–Crippen MR) is 84.7 cm³/mol. The fourth-order valence-electron chi connectivity index (χ4n) is 1.65. The molecule has 116 valence electrons. The molecule has 1 aromatic carbocycles. The van der Waals surface area contributed by atoms with Gasteiger partial charge in [-0.3, -0.25) is 0 Å². The van der Waals surface area contributed by atoms with Gasteiger partial charge in [0.2, 0.25) is 0 Å². The van der Waals surface area contributed by atoms with Gasteiger partial charge in [-0.1, -0.05) is 0 Å². The minimum absolute atomic E-state index is 0.246. The van der Waals surface area contributed by atoms with Crippen molar-refractivity contribution in [2.75, 3.05) is 6.61 Å². The van der Waals surface area contributed by atoms with Crippen LogP contribution in [-0.4, -0.2) is 21.3 Å². The molecule has 0 aliphatic heterocycles. The Morgan fingerprint density at radius 1 is 1.43 bits per heavy atom. The van der Waals surface area contributed by atoms with E-state index in [2.05, 4.69) is 4.40 Å². The van der Waals surface area contributed by atoms with Crippen LogP contribution in [-0.2, 0) is 11.0 Å². The van der Waals surface area contributed by atoms with Gasteiger partial charge in [-0.15, -0.1) is 0 Å². The van der Waals surface area contributed by atoms with Gasteiger partial charge < -0.3 is 4.74 Å². The quantitative estimate of drug-likeness (QED) is 0.774. The molecule has 5 heteroatoms. The lowest BCUT2D eigenvalue weighted by molar-refractivity contribution is 0.285. The monoisotopic (exact) mass is 311 g/mol. The maximum absolute atomic E-state index is 13.7. The fraction of sp³-hybridized carbons (Fsp3) is 0.562. The van der Waals surface area contributed by atoms with Crippen molar-refractivity contribution in [1.29, 1.82) is 0 Å². The number of ether oxygens (including phenoxy) is 1. The molecule has 0 heterocycles. The molecule has 0 aromatic heterocycles. The highest BCUT2D eigenvalue weighted by Crippen LogP contribution is 2.30. The predicted octanol–water partition coefficient (Wildman–Crippen LogP) is 3.89. The van der Waals surface area contributed by atoms with Crippen LogP contribution in [0.1, 0.15) is 46.1 Å². The van der Waals surface area contributed by atoms with E-state index in [1.807, 2.05) is 20.8 Å². The molecule has 1 aliphatic rings. The Bertz CT molecular complexity index is 574. The van der Waals surface area contributed by atoms with E-state index in [9.17, 15) is 8.60 Å². The van der Waals surface area contributed by atoms with Gasteiger partial charge in [-0.25, -0.2) is 8.60 Å². The van der Waals surface area contributed by atoms with Crippen LogP contribution in [0, 0.1) is 11.7 Å². The lowest BCUT2D eigenvalue weighted by Gasteiger charge is -2.14. The van der Waals surface area contributed by atoms with Crippen LogP contribution in [0.25, 0.3) is 0 Å². The summed E-state index contributed by atoms with van der Waals surface area (Å²) in [5.41, 5.74) is 1.36. The molecule has 2 rings (SSSR count). The van der Waals surface area contributed by atoms with Crippen LogP contribution in [0.15, 0.2) is 22.6 Å². The number of hydrogen-bond acceptors (Lipinski definition) is 2. The van der Waals surface area contributed by atoms with Gasteiger partial charge in [0, 0.05) is 5.56 Å². The second-order valence-corrected chi connectivity index (χ2v) is 8.34. The molecule has 1 atom stereocenters. The number of halogens is 1. The summed E-state index contributed by atoms with van der Waals surface area (Å²) in [6, 6.07) is 4.64. The number of benzene rings is 1. The van der Waals surface area contributed by atoms with Crippen LogP contribution < -0.4 is 4.74 Å². The van der Waals surface area contributed by atoms with Gasteiger partial charge in [0.1, 0.15) is 11.0 Å². The molecule has 3 nitrogen and oxygen atoms in total. The number of hydrogen-bond donors (Lipinski definition) is 0. The van der Waals surface area contributed by atoms with E-state index < -0.39 is 15.7 Å². The Kier molecular flexibility index (Phi) is 4.81. The molecule has 0 spiro atoms. The van der Waals surface area contributed by atoms with Gasteiger partial charge in [-0.2, -0.15) is 4.40 Å². The summed E-state index contributed by atoms with van der Waals surface area (Å²) in [6.45, 7) is 7.95. The van der Waals surface area contributed by atoms with Crippen molar-refractivity contribution < 1.29 is 13.3 Å². The van der Waals surface area contributed by atoms with Crippen LogP contribution in [0.3, 0.4) is 0 Å². The molecule has 0 N–H and O–H groups in total. The standard InChI is InChI=1S/C16H22FNO2S/c1-11(18-21(19)16(2,3)4)13-7-8-14(17)15(9-13)20-10-12-5-6-12/h7-9,12H,5-6,10H2,1-4H3/b18-11+/t21-/m0/s1. The van der Waals surface area contributed by atoms with Gasteiger partial charge in [-0.05, 0) is 64.7 Å². The SMILES string of the molecule is C/C(=N\[S@@](=O)C(C)(C)C)c1ccc(F)c(OCC2CC2)c1. The highest BCUT2D eigenvalue weighted by molar-refractivity contribution is 7.85. The normalized spacial score (nSPS) is 17.7.